The van der Waals surface area contributed by atoms with Gasteiger partial charge in [-0.3, -0.25) is 9.78 Å². The number of carbonyl (C=O) groups is 2. The summed E-state index contributed by atoms with van der Waals surface area (Å²) in [5, 5.41) is 30.5. The zero-order chi connectivity index (χ0) is 46.6. The first-order valence-electron chi connectivity index (χ1n) is 23.0. The number of nitrogens with zero attached hydrogens (tertiary/aromatic N) is 2. The van der Waals surface area contributed by atoms with E-state index >= 15 is 0 Å². The summed E-state index contributed by atoms with van der Waals surface area (Å²) in [5.41, 5.74) is 4.15. The third-order valence-electron chi connectivity index (χ3n) is 14.3. The number of alkyl carbamates (subject to hydrolysis) is 1. The molecule has 1 unspecified atom stereocenters. The molecule has 1 aromatic rings. The minimum absolute atomic E-state index is 0.117. The predicted molar refractivity (Wildman–Crippen MR) is 234 cm³/mol. The van der Waals surface area contributed by atoms with Crippen molar-refractivity contribution in [3.63, 3.8) is 0 Å². The quantitative estimate of drug-likeness (QED) is 0.142. The summed E-state index contributed by atoms with van der Waals surface area (Å²) >= 11 is 0. The highest BCUT2D eigenvalue weighted by Crippen LogP contribution is 2.46. The predicted octanol–water partition coefficient (Wildman–Crippen LogP) is 3.51. The van der Waals surface area contributed by atoms with Crippen LogP contribution in [0.15, 0.2) is 24.4 Å². The molecule has 4 aliphatic rings. The molecule has 4 fully saturated rings. The Hall–Kier alpha value is -2.55. The Morgan fingerprint density at radius 1 is 1.02 bits per heavy atom. The molecule has 63 heavy (non-hydrogen) atoms. The lowest BCUT2D eigenvalue weighted by molar-refractivity contribution is -0.317. The minimum atomic E-state index is -1.58. The lowest BCUT2D eigenvalue weighted by Gasteiger charge is -2.49. The monoisotopic (exact) mass is 894 g/mol. The Balaban J connectivity index is 1.42. The zero-order valence-electron chi connectivity index (χ0n) is 39.9. The molecule has 0 aliphatic carbocycles. The van der Waals surface area contributed by atoms with E-state index in [1.807, 2.05) is 85.7 Å². The zero-order valence-corrected chi connectivity index (χ0v) is 39.9. The third kappa shape index (κ3) is 11.7. The van der Waals surface area contributed by atoms with E-state index in [9.17, 15) is 19.8 Å². The van der Waals surface area contributed by atoms with E-state index in [2.05, 4.69) is 15.6 Å². The fourth-order valence-electron chi connectivity index (χ4n) is 10.6. The Morgan fingerprint density at radius 2 is 1.73 bits per heavy atom. The molecule has 19 atom stereocenters. The van der Waals surface area contributed by atoms with Crippen molar-refractivity contribution in [2.75, 3.05) is 34.3 Å². The van der Waals surface area contributed by atoms with Crippen LogP contribution in [0.1, 0.15) is 101 Å². The van der Waals surface area contributed by atoms with E-state index in [1.165, 1.54) is 0 Å². The molecule has 17 heteroatoms. The number of amides is 1. The van der Waals surface area contributed by atoms with Crippen LogP contribution in [-0.2, 0) is 49.2 Å². The van der Waals surface area contributed by atoms with Gasteiger partial charge in [-0.05, 0) is 93.0 Å². The number of carbonyl (C=O) groups excluding carboxylic acids is 2. The number of hydrogen-bond acceptors (Lipinski definition) is 16. The fraction of sp³-hybridized carbons (Fsp3) is 0.848. The maximum absolute atomic E-state index is 14.5. The highest BCUT2D eigenvalue weighted by Gasteiger charge is 2.58. The number of rotatable bonds is 13. The number of pyridine rings is 1. The van der Waals surface area contributed by atoms with Crippen LogP contribution >= 0.6 is 0 Å². The summed E-state index contributed by atoms with van der Waals surface area (Å²) in [5.74, 6) is -2.55. The van der Waals surface area contributed by atoms with Gasteiger partial charge >= 0.3 is 12.1 Å². The van der Waals surface area contributed by atoms with E-state index < -0.39 is 95.9 Å². The number of likely N-dealkylation sites (N-methyl/N-ethyl adjacent to an activating group) is 1. The smallest absolute Gasteiger partial charge is 0.407 e. The van der Waals surface area contributed by atoms with Gasteiger partial charge in [-0.2, -0.15) is 0 Å². The van der Waals surface area contributed by atoms with Crippen molar-refractivity contribution in [3.05, 3.63) is 30.1 Å². The maximum Gasteiger partial charge on any atom is 0.407 e. The van der Waals surface area contributed by atoms with Crippen LogP contribution in [-0.4, -0.2) is 157 Å². The molecular formula is C46H79N5O12. The minimum Gasteiger partial charge on any atom is -0.459 e. The van der Waals surface area contributed by atoms with Gasteiger partial charge in [0.2, 0.25) is 0 Å². The summed E-state index contributed by atoms with van der Waals surface area (Å²) in [6.45, 7) is 20.1. The lowest BCUT2D eigenvalue weighted by Crippen LogP contribution is -2.61. The van der Waals surface area contributed by atoms with Crippen LogP contribution < -0.4 is 16.4 Å². The Kier molecular flexibility index (Phi) is 17.5. The number of esters is 1. The molecule has 360 valence electrons. The molecule has 2 bridgehead atoms. The van der Waals surface area contributed by atoms with Gasteiger partial charge in [-0.25, -0.2) is 4.79 Å². The molecular weight excluding hydrogens is 815 g/mol. The van der Waals surface area contributed by atoms with Gasteiger partial charge in [0.15, 0.2) is 18.7 Å². The SMILES string of the molecule is CC[C@H]1OC(=O)[C@H](C)[C@@H](O[C@H]2C[C@@](C)(OC)C(OC(=O)NCCNCc3ccccn3)[C@H](C)O2)[C@H](C)[C@@H](O[C@@H]2O[C@H](C)C[C@H](N(C)C)[C@H]2O)[C@@](C)(O)C[C@@H](C)[C@H]2O[C@@]1(C)[C@@H](N)[C@H]2C. The summed E-state index contributed by atoms with van der Waals surface area (Å²) in [4.78, 5) is 33.9. The second-order valence-electron chi connectivity index (χ2n) is 19.6. The van der Waals surface area contributed by atoms with Gasteiger partial charge in [0.25, 0.3) is 0 Å². The standard InChI is InChI=1S/C46H79N5O12/c1-14-33-46(10)38(47)27(4)36(63-46)25(2)22-44(8,55)39(61-42-35(52)32(51(11)12)21-26(3)57-42)28(5)37(29(6)41(53)59-33)60-34-23-45(9,56-13)40(30(7)58-34)62-43(54)50-20-19-48-24-31-17-15-16-18-49-31/h15-18,25-30,32-40,42,48,52,55H,14,19-24,47H2,1-13H3,(H,50,54)/t25-,26-,27+,28+,29-,30+,32+,33-,34+,35-,36-,37+,38+,39-,40?,42+,44+,45-,46-/m1/s1. The second kappa shape index (κ2) is 21.4. The van der Waals surface area contributed by atoms with E-state index in [4.69, 9.17) is 43.6 Å². The van der Waals surface area contributed by atoms with Crippen molar-refractivity contribution in [3.8, 4) is 0 Å². The van der Waals surface area contributed by atoms with Crippen LogP contribution in [0.5, 0.6) is 0 Å². The molecule has 17 nitrogen and oxygen atoms in total. The number of aliphatic hydroxyl groups excluding tert-OH is 1. The molecule has 6 N–H and O–H groups in total. The number of aliphatic hydroxyl groups is 2. The normalized spacial score (nSPS) is 43.9. The van der Waals surface area contributed by atoms with Crippen molar-refractivity contribution in [2.45, 2.75) is 192 Å². The van der Waals surface area contributed by atoms with Crippen LogP contribution in [0, 0.1) is 23.7 Å². The van der Waals surface area contributed by atoms with E-state index in [0.29, 0.717) is 32.5 Å². The van der Waals surface area contributed by atoms with Gasteiger partial charge in [-0.15, -0.1) is 0 Å². The van der Waals surface area contributed by atoms with E-state index in [-0.39, 0.29) is 42.9 Å². The van der Waals surface area contributed by atoms with Crippen LogP contribution in [0.4, 0.5) is 4.79 Å². The lowest BCUT2D eigenvalue weighted by atomic mass is 9.75. The number of aromatic nitrogens is 1. The number of nitrogens with one attached hydrogen (secondary N) is 2. The number of ether oxygens (including phenoxy) is 8. The van der Waals surface area contributed by atoms with Gasteiger partial charge in [0, 0.05) is 63.3 Å². The Labute approximate surface area is 375 Å². The molecule has 0 saturated carbocycles. The first-order chi connectivity index (χ1) is 29.6. The molecule has 4 aliphatic heterocycles. The molecule has 0 aromatic carbocycles. The third-order valence-corrected chi connectivity index (χ3v) is 14.3. The maximum atomic E-state index is 14.5. The van der Waals surface area contributed by atoms with Gasteiger partial charge < -0.3 is 69.4 Å². The van der Waals surface area contributed by atoms with Crippen molar-refractivity contribution in [2.24, 2.45) is 29.4 Å². The molecule has 4 saturated heterocycles. The van der Waals surface area contributed by atoms with E-state index in [0.717, 1.165) is 5.69 Å². The molecule has 0 spiro atoms. The number of cyclic esters (lactones) is 1. The van der Waals surface area contributed by atoms with Crippen molar-refractivity contribution in [1.29, 1.82) is 0 Å². The number of hydrogen-bond donors (Lipinski definition) is 5. The second-order valence-corrected chi connectivity index (χ2v) is 19.6. The van der Waals surface area contributed by atoms with Crippen LogP contribution in [0.3, 0.4) is 0 Å². The van der Waals surface area contributed by atoms with Gasteiger partial charge in [-0.1, -0.05) is 33.8 Å². The fourth-order valence-corrected chi connectivity index (χ4v) is 10.6. The number of methoxy groups -OCH3 is 1. The summed E-state index contributed by atoms with van der Waals surface area (Å²) < 4.78 is 51.7. The van der Waals surface area contributed by atoms with Crippen LogP contribution in [0.2, 0.25) is 0 Å². The van der Waals surface area contributed by atoms with Crippen LogP contribution in [0.25, 0.3) is 0 Å². The molecule has 1 amide bonds. The highest BCUT2D eigenvalue weighted by atomic mass is 16.7. The number of nitrogens with two attached hydrogens (primary N) is 1. The molecule has 0 radical (unpaired) electrons. The van der Waals surface area contributed by atoms with E-state index in [1.54, 1.807) is 34.1 Å². The topological polar surface area (TPSA) is 215 Å². The number of fused-ring (bicyclic) bond motifs is 2. The molecule has 5 heterocycles. The molecule has 1 aromatic heterocycles. The highest BCUT2D eigenvalue weighted by molar-refractivity contribution is 5.73. The summed E-state index contributed by atoms with van der Waals surface area (Å²) in [6, 6.07) is 4.95. The summed E-state index contributed by atoms with van der Waals surface area (Å²) in [6.07, 6.45) is -5.52. The average molecular weight is 894 g/mol. The first kappa shape index (κ1) is 51.4. The van der Waals surface area contributed by atoms with Gasteiger partial charge in [0.05, 0.1) is 47.7 Å². The first-order valence-corrected chi connectivity index (χ1v) is 23.0. The largest absolute Gasteiger partial charge is 0.459 e. The summed E-state index contributed by atoms with van der Waals surface area (Å²) in [7, 11) is 5.34. The van der Waals surface area contributed by atoms with Gasteiger partial charge in [0.1, 0.15) is 23.4 Å². The van der Waals surface area contributed by atoms with Crippen molar-refractivity contribution < 1.29 is 57.7 Å². The Bertz CT molecular complexity index is 1630. The van der Waals surface area contributed by atoms with Crippen molar-refractivity contribution in [1.82, 2.24) is 20.5 Å². The molecule has 5 rings (SSSR count). The van der Waals surface area contributed by atoms with Crippen molar-refractivity contribution >= 4 is 12.1 Å². The Morgan fingerprint density at radius 3 is 2.37 bits per heavy atom. The average Bonchev–Trinajstić information content (AvgIpc) is 3.47.